The predicted octanol–water partition coefficient (Wildman–Crippen LogP) is 6.09. The molecule has 1 aliphatic heterocycles. The monoisotopic (exact) mass is 488 g/mol. The molecule has 0 bridgehead atoms. The third-order valence-corrected chi connectivity index (χ3v) is 9.69. The highest BCUT2D eigenvalue weighted by Gasteiger charge is 2.40. The van der Waals surface area contributed by atoms with Crippen LogP contribution in [0.4, 0.5) is 0 Å². The van der Waals surface area contributed by atoms with Crippen molar-refractivity contribution in [3.63, 3.8) is 0 Å². The number of rotatable bonds is 8. The van der Waals surface area contributed by atoms with Gasteiger partial charge in [0.05, 0.1) is 25.2 Å². The summed E-state index contributed by atoms with van der Waals surface area (Å²) in [5.41, 5.74) is 0. The first kappa shape index (κ1) is 23.5. The van der Waals surface area contributed by atoms with Crippen LogP contribution in [0.25, 0.3) is 0 Å². The summed E-state index contributed by atoms with van der Waals surface area (Å²) in [5.74, 6) is 0.0383. The average molecular weight is 489 g/mol. The molecule has 1 aliphatic carbocycles. The summed E-state index contributed by atoms with van der Waals surface area (Å²) in [6, 6.07) is 32.2. The van der Waals surface area contributed by atoms with Crippen LogP contribution in [0.15, 0.2) is 118 Å². The van der Waals surface area contributed by atoms with Crippen LogP contribution in [0, 0.1) is 5.92 Å². The van der Waals surface area contributed by atoms with Crippen LogP contribution in [0.5, 0.6) is 0 Å². The molecule has 1 heterocycles. The molecule has 174 valence electrons. The van der Waals surface area contributed by atoms with Crippen LogP contribution in [-0.4, -0.2) is 32.7 Å². The summed E-state index contributed by atoms with van der Waals surface area (Å²) in [7, 11) is 0.996. The molecule has 0 aromatic heterocycles. The molecular formula is C29H29O3PS. The van der Waals surface area contributed by atoms with Gasteiger partial charge in [0.2, 0.25) is 0 Å². The van der Waals surface area contributed by atoms with E-state index in [1.165, 1.54) is 25.7 Å². The first-order chi connectivity index (χ1) is 16.8. The Morgan fingerprint density at radius 3 is 2.09 bits per heavy atom. The number of hydrogen-bond acceptors (Lipinski definition) is 4. The third-order valence-electron chi connectivity index (χ3n) is 5.98. The van der Waals surface area contributed by atoms with Crippen LogP contribution >= 0.6 is 19.7 Å². The number of benzene rings is 3. The topological polar surface area (TPSA) is 27.7 Å². The Labute approximate surface area is 207 Å². The smallest absolute Gasteiger partial charge is 0.169 e. The number of ether oxygens (including phenoxy) is 3. The van der Waals surface area contributed by atoms with Crippen molar-refractivity contribution >= 4 is 30.3 Å². The zero-order chi connectivity index (χ0) is 23.2. The Balaban J connectivity index is 1.52. The van der Waals surface area contributed by atoms with Crippen molar-refractivity contribution < 1.29 is 14.2 Å². The zero-order valence-corrected chi connectivity index (χ0v) is 21.0. The summed E-state index contributed by atoms with van der Waals surface area (Å²) < 4.78 is 18.2. The van der Waals surface area contributed by atoms with Crippen LogP contribution in [0.1, 0.15) is 6.42 Å². The highest BCUT2D eigenvalue weighted by Crippen LogP contribution is 2.55. The molecule has 1 fully saturated rings. The summed E-state index contributed by atoms with van der Waals surface area (Å²) >= 11 is 1.81. The lowest BCUT2D eigenvalue weighted by Gasteiger charge is -2.37. The number of methoxy groups -OCH3 is 1. The molecule has 0 saturated carbocycles. The molecule has 5 rings (SSSR count). The summed E-state index contributed by atoms with van der Waals surface area (Å²) in [4.78, 5) is 2.49. The van der Waals surface area contributed by atoms with Crippen molar-refractivity contribution in [3.05, 3.63) is 113 Å². The number of allylic oxidation sites excluding steroid dienone is 2. The van der Waals surface area contributed by atoms with E-state index in [9.17, 15) is 0 Å². The van der Waals surface area contributed by atoms with Crippen molar-refractivity contribution in [3.8, 4) is 0 Å². The van der Waals surface area contributed by atoms with Crippen molar-refractivity contribution in [1.82, 2.24) is 0 Å². The maximum atomic E-state index is 6.50. The van der Waals surface area contributed by atoms with E-state index in [-0.39, 0.29) is 18.3 Å². The van der Waals surface area contributed by atoms with Gasteiger partial charge in [0.1, 0.15) is 0 Å². The highest BCUT2D eigenvalue weighted by atomic mass is 32.2. The lowest BCUT2D eigenvalue weighted by atomic mass is 10.1. The Kier molecular flexibility index (Phi) is 7.95. The minimum absolute atomic E-state index is 0.0383. The molecule has 5 heteroatoms. The SMILES string of the molecule is COC[C@@H]1CCOC(C2C(Sc3ccccc3)=CC=C2P(c2ccccc2)c2ccccc2)O1. The molecule has 2 aliphatic rings. The van der Waals surface area contributed by atoms with Crippen LogP contribution in [0.2, 0.25) is 0 Å². The minimum Gasteiger partial charge on any atom is -0.382 e. The maximum absolute atomic E-state index is 6.50. The lowest BCUT2D eigenvalue weighted by molar-refractivity contribution is -0.231. The molecule has 3 aromatic carbocycles. The second-order valence-corrected chi connectivity index (χ2v) is 11.7. The molecule has 0 N–H and O–H groups in total. The van der Waals surface area contributed by atoms with Crippen molar-refractivity contribution in [2.75, 3.05) is 20.3 Å². The van der Waals surface area contributed by atoms with E-state index in [1.54, 1.807) is 7.11 Å². The molecule has 3 atom stereocenters. The predicted molar refractivity (Wildman–Crippen MR) is 142 cm³/mol. The second kappa shape index (κ2) is 11.5. The summed E-state index contributed by atoms with van der Waals surface area (Å²) in [6.45, 7) is 1.27. The molecule has 34 heavy (non-hydrogen) atoms. The fourth-order valence-corrected chi connectivity index (χ4v) is 8.18. The van der Waals surface area contributed by atoms with E-state index in [0.29, 0.717) is 13.2 Å². The van der Waals surface area contributed by atoms with E-state index in [4.69, 9.17) is 14.2 Å². The molecule has 3 nitrogen and oxygen atoms in total. The van der Waals surface area contributed by atoms with Gasteiger partial charge in [-0.25, -0.2) is 0 Å². The standard InChI is InChI=1S/C29H29O3PS/c1-30-21-22-19-20-31-29(32-22)28-26(17-18-27(28)34-25-15-9-4-10-16-25)33(23-11-5-2-6-12-23)24-13-7-3-8-14-24/h2-18,22,28-29H,19-21H2,1H3/t22-,28?,29?/m0/s1. The fraction of sp³-hybridized carbons (Fsp3) is 0.241. The molecule has 1 saturated heterocycles. The maximum Gasteiger partial charge on any atom is 0.169 e. The van der Waals surface area contributed by atoms with Gasteiger partial charge in [-0.1, -0.05) is 103 Å². The average Bonchev–Trinajstić information content (AvgIpc) is 3.29. The van der Waals surface area contributed by atoms with E-state index >= 15 is 0 Å². The van der Waals surface area contributed by atoms with Crippen LogP contribution in [0.3, 0.4) is 0 Å². The summed E-state index contributed by atoms with van der Waals surface area (Å²) in [5, 5.41) is 4.04. The van der Waals surface area contributed by atoms with Gasteiger partial charge in [-0.2, -0.15) is 0 Å². The molecule has 0 radical (unpaired) electrons. The van der Waals surface area contributed by atoms with E-state index in [2.05, 4.69) is 103 Å². The number of thioether (sulfide) groups is 1. The molecule has 3 aromatic rings. The number of hydrogen-bond donors (Lipinski definition) is 0. The largest absolute Gasteiger partial charge is 0.382 e. The third kappa shape index (κ3) is 5.38. The van der Waals surface area contributed by atoms with Gasteiger partial charge in [0.15, 0.2) is 6.29 Å². The van der Waals surface area contributed by atoms with Gasteiger partial charge in [-0.3, -0.25) is 0 Å². The molecule has 0 spiro atoms. The van der Waals surface area contributed by atoms with E-state index in [1.807, 2.05) is 11.8 Å². The van der Waals surface area contributed by atoms with Gasteiger partial charge in [-0.05, 0) is 42.4 Å². The van der Waals surface area contributed by atoms with Gasteiger partial charge in [0.25, 0.3) is 0 Å². The fourth-order valence-electron chi connectivity index (χ4n) is 4.43. The Morgan fingerprint density at radius 1 is 0.853 bits per heavy atom. The zero-order valence-electron chi connectivity index (χ0n) is 19.2. The molecule has 0 amide bonds. The normalized spacial score (nSPS) is 22.5. The Hall–Kier alpha value is -2.20. The minimum atomic E-state index is -0.735. The first-order valence-electron chi connectivity index (χ1n) is 11.6. The Morgan fingerprint density at radius 2 is 1.47 bits per heavy atom. The van der Waals surface area contributed by atoms with Gasteiger partial charge >= 0.3 is 0 Å². The van der Waals surface area contributed by atoms with Crippen molar-refractivity contribution in [2.24, 2.45) is 5.92 Å². The molecule has 2 unspecified atom stereocenters. The van der Waals surface area contributed by atoms with E-state index in [0.717, 1.165) is 6.42 Å². The van der Waals surface area contributed by atoms with Gasteiger partial charge < -0.3 is 14.2 Å². The van der Waals surface area contributed by atoms with Crippen LogP contribution < -0.4 is 10.6 Å². The van der Waals surface area contributed by atoms with Gasteiger partial charge in [0, 0.05) is 16.9 Å². The first-order valence-corrected chi connectivity index (χ1v) is 13.8. The van der Waals surface area contributed by atoms with Gasteiger partial charge in [-0.15, -0.1) is 0 Å². The van der Waals surface area contributed by atoms with Crippen LogP contribution in [-0.2, 0) is 14.2 Å². The van der Waals surface area contributed by atoms with Crippen molar-refractivity contribution in [2.45, 2.75) is 23.7 Å². The quantitative estimate of drug-likeness (QED) is 0.359. The highest BCUT2D eigenvalue weighted by molar-refractivity contribution is 8.03. The molecular weight excluding hydrogens is 459 g/mol. The Bertz CT molecular complexity index is 1080. The second-order valence-electron chi connectivity index (χ2n) is 8.30. The lowest BCUT2D eigenvalue weighted by Crippen LogP contribution is -2.40. The summed E-state index contributed by atoms with van der Waals surface area (Å²) in [6.07, 6.45) is 5.16. The van der Waals surface area contributed by atoms with Crippen molar-refractivity contribution in [1.29, 1.82) is 0 Å². The van der Waals surface area contributed by atoms with E-state index < -0.39 is 7.92 Å².